The van der Waals surface area contributed by atoms with E-state index in [0.717, 1.165) is 22.5 Å². The minimum atomic E-state index is -2.01. The lowest BCUT2D eigenvalue weighted by Gasteiger charge is -2.29. The number of benzene rings is 1. The monoisotopic (exact) mass is 461 g/mol. The van der Waals surface area contributed by atoms with Crippen molar-refractivity contribution >= 4 is 22.8 Å². The van der Waals surface area contributed by atoms with Gasteiger partial charge in [-0.05, 0) is 38.5 Å². The van der Waals surface area contributed by atoms with Crippen LogP contribution in [0.5, 0.6) is 0 Å². The van der Waals surface area contributed by atoms with Crippen molar-refractivity contribution in [2.24, 2.45) is 0 Å². The van der Waals surface area contributed by atoms with Crippen molar-refractivity contribution < 1.29 is 19.4 Å². The van der Waals surface area contributed by atoms with E-state index < -0.39 is 29.6 Å². The fraction of sp³-hybridized carbons (Fsp3) is 0.308. The number of para-hydroxylation sites is 1. The summed E-state index contributed by atoms with van der Waals surface area (Å²) >= 11 is 0. The molecule has 0 saturated carbocycles. The molecule has 1 amide bonds. The number of amides is 1. The number of esters is 1. The number of aliphatic hydroxyl groups is 1. The van der Waals surface area contributed by atoms with Crippen LogP contribution in [0, 0.1) is 0 Å². The van der Waals surface area contributed by atoms with Crippen LogP contribution in [0.15, 0.2) is 53.8 Å². The van der Waals surface area contributed by atoms with Gasteiger partial charge in [-0.2, -0.15) is 0 Å². The van der Waals surface area contributed by atoms with Crippen molar-refractivity contribution in [3.05, 3.63) is 76.1 Å². The second kappa shape index (κ2) is 8.87. The summed E-state index contributed by atoms with van der Waals surface area (Å²) in [5.41, 5.74) is 0.441. The summed E-state index contributed by atoms with van der Waals surface area (Å²) in [6, 6.07) is 11.0. The van der Waals surface area contributed by atoms with Crippen LogP contribution in [-0.4, -0.2) is 32.6 Å². The second-order valence-corrected chi connectivity index (χ2v) is 8.66. The van der Waals surface area contributed by atoms with Crippen LogP contribution >= 0.6 is 0 Å². The standard InChI is InChI=1S/C26H27N3O5/c1-5-22(30)34-14-18-19(26(33,6-2)25(32)27-15(3)4)12-21-23-17(13-29(21)24(18)31)11-16-9-7-8-10-20(16)28-23/h5,7-12,15,33H,1,6,13-14H2,2-4H3,(H,27,32). The largest absolute Gasteiger partial charge is 0.457 e. The van der Waals surface area contributed by atoms with Crippen LogP contribution in [0.1, 0.15) is 43.9 Å². The number of carbonyl (C=O) groups excluding carboxylic acids is 2. The topological polar surface area (TPSA) is 111 Å². The van der Waals surface area contributed by atoms with Gasteiger partial charge in [0.25, 0.3) is 11.5 Å². The number of fused-ring (bicyclic) bond motifs is 4. The van der Waals surface area contributed by atoms with Crippen LogP contribution in [0.25, 0.3) is 22.3 Å². The van der Waals surface area contributed by atoms with E-state index in [2.05, 4.69) is 11.9 Å². The molecule has 0 radical (unpaired) electrons. The normalized spacial score (nSPS) is 13.8. The number of carbonyl (C=O) groups is 2. The Kier molecular flexibility index (Phi) is 6.10. The van der Waals surface area contributed by atoms with Crippen LogP contribution in [0.3, 0.4) is 0 Å². The van der Waals surface area contributed by atoms with E-state index in [1.807, 2.05) is 30.3 Å². The lowest BCUT2D eigenvalue weighted by Crippen LogP contribution is -2.48. The molecule has 1 aliphatic heterocycles. The fourth-order valence-electron chi connectivity index (χ4n) is 4.28. The molecule has 1 aromatic carbocycles. The Labute approximate surface area is 196 Å². The van der Waals surface area contributed by atoms with Gasteiger partial charge in [-0.15, -0.1) is 0 Å². The molecule has 8 heteroatoms. The number of rotatable bonds is 7. The maximum Gasteiger partial charge on any atom is 0.330 e. The van der Waals surface area contributed by atoms with Crippen molar-refractivity contribution in [2.75, 3.05) is 0 Å². The first-order chi connectivity index (χ1) is 16.2. The average molecular weight is 462 g/mol. The highest BCUT2D eigenvalue weighted by molar-refractivity contribution is 5.88. The zero-order valence-electron chi connectivity index (χ0n) is 19.4. The predicted molar refractivity (Wildman–Crippen MR) is 128 cm³/mol. The molecule has 3 aromatic rings. The average Bonchev–Trinajstić information content (AvgIpc) is 3.18. The van der Waals surface area contributed by atoms with Crippen molar-refractivity contribution in [3.63, 3.8) is 0 Å². The second-order valence-electron chi connectivity index (χ2n) is 8.66. The summed E-state index contributed by atoms with van der Waals surface area (Å²) in [6.07, 6.45) is 1.00. The van der Waals surface area contributed by atoms with Crippen molar-refractivity contribution in [2.45, 2.75) is 52.0 Å². The van der Waals surface area contributed by atoms with E-state index in [9.17, 15) is 19.5 Å². The summed E-state index contributed by atoms with van der Waals surface area (Å²) in [5, 5.41) is 15.2. The van der Waals surface area contributed by atoms with Crippen LogP contribution in [0.2, 0.25) is 0 Å². The number of aromatic nitrogens is 2. The highest BCUT2D eigenvalue weighted by Crippen LogP contribution is 2.36. The highest BCUT2D eigenvalue weighted by Gasteiger charge is 2.41. The Morgan fingerprint density at radius 3 is 2.74 bits per heavy atom. The summed E-state index contributed by atoms with van der Waals surface area (Å²) < 4.78 is 6.71. The Bertz CT molecular complexity index is 1370. The maximum absolute atomic E-state index is 13.6. The first-order valence-electron chi connectivity index (χ1n) is 11.2. The Balaban J connectivity index is 1.95. The molecule has 176 valence electrons. The molecule has 34 heavy (non-hydrogen) atoms. The first kappa shape index (κ1) is 23.4. The van der Waals surface area contributed by atoms with E-state index in [4.69, 9.17) is 9.72 Å². The molecular weight excluding hydrogens is 434 g/mol. The first-order valence-corrected chi connectivity index (χ1v) is 11.2. The molecule has 8 nitrogen and oxygen atoms in total. The van der Waals surface area contributed by atoms with E-state index in [0.29, 0.717) is 11.4 Å². The van der Waals surface area contributed by atoms with Crippen LogP contribution < -0.4 is 10.9 Å². The van der Waals surface area contributed by atoms with Crippen molar-refractivity contribution in [1.29, 1.82) is 0 Å². The molecule has 0 aliphatic carbocycles. The third kappa shape index (κ3) is 3.90. The summed E-state index contributed by atoms with van der Waals surface area (Å²) in [5.74, 6) is -1.34. The van der Waals surface area contributed by atoms with Gasteiger partial charge in [-0.25, -0.2) is 9.78 Å². The number of nitrogens with zero attached hydrogens (tertiary/aromatic N) is 2. The smallest absolute Gasteiger partial charge is 0.330 e. The van der Waals surface area contributed by atoms with Crippen molar-refractivity contribution in [3.8, 4) is 11.4 Å². The molecular formula is C26H27N3O5. The van der Waals surface area contributed by atoms with Gasteiger partial charge in [0.05, 0.1) is 29.0 Å². The molecule has 0 fully saturated rings. The zero-order chi connectivity index (χ0) is 24.6. The molecule has 2 N–H and O–H groups in total. The molecule has 4 rings (SSSR count). The SMILES string of the molecule is C=CC(=O)OCc1c(C(O)(CC)C(=O)NC(C)C)cc2n(c1=O)Cc1cc3ccccc3nc1-2. The number of pyridine rings is 2. The summed E-state index contributed by atoms with van der Waals surface area (Å²) in [7, 11) is 0. The molecule has 1 atom stereocenters. The molecule has 0 bridgehead atoms. The zero-order valence-corrected chi connectivity index (χ0v) is 19.4. The summed E-state index contributed by atoms with van der Waals surface area (Å²) in [6.45, 7) is 8.48. The van der Waals surface area contributed by atoms with Crippen LogP contribution in [-0.2, 0) is 33.1 Å². The third-order valence-corrected chi connectivity index (χ3v) is 6.05. The molecule has 1 aliphatic rings. The quantitative estimate of drug-likeness (QED) is 0.323. The van der Waals surface area contributed by atoms with Gasteiger partial charge < -0.3 is 19.7 Å². The predicted octanol–water partition coefficient (Wildman–Crippen LogP) is 2.78. The van der Waals surface area contributed by atoms with E-state index in [1.54, 1.807) is 26.8 Å². The number of hydrogen-bond donors (Lipinski definition) is 2. The Morgan fingerprint density at radius 2 is 2.06 bits per heavy atom. The van der Waals surface area contributed by atoms with Gasteiger partial charge in [0.1, 0.15) is 6.61 Å². The van der Waals surface area contributed by atoms with Gasteiger partial charge in [-0.1, -0.05) is 31.7 Å². The molecule has 1 unspecified atom stereocenters. The lowest BCUT2D eigenvalue weighted by atomic mass is 9.86. The summed E-state index contributed by atoms with van der Waals surface area (Å²) in [4.78, 5) is 43.2. The number of nitrogens with one attached hydrogen (secondary N) is 1. The molecule has 0 saturated heterocycles. The van der Waals surface area contributed by atoms with Gasteiger partial charge in [0.15, 0.2) is 5.60 Å². The van der Waals surface area contributed by atoms with Gasteiger partial charge in [-0.3, -0.25) is 9.59 Å². The van der Waals surface area contributed by atoms with Crippen molar-refractivity contribution in [1.82, 2.24) is 14.9 Å². The molecule has 0 spiro atoms. The van der Waals surface area contributed by atoms with Gasteiger partial charge in [0, 0.05) is 28.6 Å². The number of hydrogen-bond acceptors (Lipinski definition) is 6. The molecule has 3 heterocycles. The lowest BCUT2D eigenvalue weighted by molar-refractivity contribution is -0.142. The third-order valence-electron chi connectivity index (χ3n) is 6.05. The minimum Gasteiger partial charge on any atom is -0.457 e. The van der Waals surface area contributed by atoms with Crippen LogP contribution in [0.4, 0.5) is 0 Å². The van der Waals surface area contributed by atoms with E-state index in [-0.39, 0.29) is 30.1 Å². The number of ether oxygens (including phenoxy) is 1. The van der Waals surface area contributed by atoms with E-state index in [1.165, 1.54) is 4.57 Å². The van der Waals surface area contributed by atoms with Gasteiger partial charge in [0.2, 0.25) is 0 Å². The van der Waals surface area contributed by atoms with E-state index >= 15 is 0 Å². The highest BCUT2D eigenvalue weighted by atomic mass is 16.5. The Morgan fingerprint density at radius 1 is 1.32 bits per heavy atom. The minimum absolute atomic E-state index is 0.00879. The molecule has 2 aromatic heterocycles. The maximum atomic E-state index is 13.6. The fourth-order valence-corrected chi connectivity index (χ4v) is 4.28. The van der Waals surface area contributed by atoms with Gasteiger partial charge >= 0.3 is 5.97 Å². The Hall–Kier alpha value is -3.78.